The number of hydrogen-bond donors (Lipinski definition) is 1. The molecule has 1 fully saturated rings. The summed E-state index contributed by atoms with van der Waals surface area (Å²) in [7, 11) is -3.49. The molecule has 33 heavy (non-hydrogen) atoms. The van der Waals surface area contributed by atoms with Crippen LogP contribution >= 0.6 is 0 Å². The van der Waals surface area contributed by atoms with Gasteiger partial charge in [0.2, 0.25) is 11.8 Å². The maximum atomic E-state index is 12.9. The Kier molecular flexibility index (Phi) is 6.48. The Labute approximate surface area is 191 Å². The van der Waals surface area contributed by atoms with Gasteiger partial charge in [-0.15, -0.1) is 0 Å². The summed E-state index contributed by atoms with van der Waals surface area (Å²) < 4.78 is 32.9. The van der Waals surface area contributed by atoms with Gasteiger partial charge in [-0.1, -0.05) is 30.3 Å². The van der Waals surface area contributed by atoms with E-state index in [2.05, 4.69) is 5.32 Å². The minimum absolute atomic E-state index is 0.0104. The van der Waals surface area contributed by atoms with Crippen molar-refractivity contribution in [2.45, 2.75) is 38.5 Å². The average Bonchev–Trinajstić information content (AvgIpc) is 3.10. The lowest BCUT2D eigenvalue weighted by Crippen LogP contribution is -2.52. The summed E-state index contributed by atoms with van der Waals surface area (Å²) in [6.07, 6.45) is 2.14. The molecule has 0 radical (unpaired) electrons. The number of amides is 3. The summed E-state index contributed by atoms with van der Waals surface area (Å²) in [6, 6.07) is 12.0. The normalized spacial score (nSPS) is 18.3. The summed E-state index contributed by atoms with van der Waals surface area (Å²) in [5, 5.41) is 2.30. The summed E-state index contributed by atoms with van der Waals surface area (Å²) in [5.74, 6) is -0.411. The van der Waals surface area contributed by atoms with Gasteiger partial charge >= 0.3 is 0 Å². The minimum atomic E-state index is -3.49. The first-order valence-electron chi connectivity index (χ1n) is 10.5. The van der Waals surface area contributed by atoms with Gasteiger partial charge in [0, 0.05) is 24.0 Å². The number of imide groups is 1. The van der Waals surface area contributed by atoms with Crippen LogP contribution < -0.4 is 10.1 Å². The molecule has 2 aliphatic heterocycles. The second-order valence-corrected chi connectivity index (χ2v) is 9.71. The Balaban J connectivity index is 1.36. The van der Waals surface area contributed by atoms with Crippen LogP contribution in [0, 0.1) is 0 Å². The van der Waals surface area contributed by atoms with Gasteiger partial charge in [-0.05, 0) is 29.7 Å². The van der Waals surface area contributed by atoms with Crippen molar-refractivity contribution in [1.29, 1.82) is 0 Å². The third-order valence-electron chi connectivity index (χ3n) is 5.65. The number of nitrogens with zero attached hydrogens (tertiary/aromatic N) is 1. The predicted octanol–water partition coefficient (Wildman–Crippen LogP) is 1.55. The number of piperidine rings is 1. The van der Waals surface area contributed by atoms with Crippen molar-refractivity contribution < 1.29 is 31.7 Å². The fraction of sp³-hybridized carbons (Fsp3) is 0.348. The fourth-order valence-electron chi connectivity index (χ4n) is 3.95. The van der Waals surface area contributed by atoms with Gasteiger partial charge in [0.15, 0.2) is 0 Å². The fourth-order valence-corrected chi connectivity index (χ4v) is 4.30. The van der Waals surface area contributed by atoms with Crippen molar-refractivity contribution in [3.63, 3.8) is 0 Å². The van der Waals surface area contributed by atoms with Crippen LogP contribution in [-0.4, -0.2) is 49.9 Å². The molecular formula is C23H24N2O7S. The highest BCUT2D eigenvalue weighted by atomic mass is 32.2. The molecule has 0 saturated carbocycles. The van der Waals surface area contributed by atoms with Crippen molar-refractivity contribution in [2.75, 3.05) is 12.9 Å². The van der Waals surface area contributed by atoms with Crippen LogP contribution in [0.15, 0.2) is 42.5 Å². The van der Waals surface area contributed by atoms with Crippen molar-refractivity contribution >= 4 is 27.8 Å². The van der Waals surface area contributed by atoms with E-state index in [0.29, 0.717) is 30.8 Å². The Bertz CT molecular complexity index is 1190. The smallest absolute Gasteiger partial charge is 0.264 e. The largest absolute Gasteiger partial charge is 0.493 e. The summed E-state index contributed by atoms with van der Waals surface area (Å²) in [4.78, 5) is 38.0. The maximum Gasteiger partial charge on any atom is 0.264 e. The molecule has 0 spiro atoms. The van der Waals surface area contributed by atoms with E-state index >= 15 is 0 Å². The van der Waals surface area contributed by atoms with Gasteiger partial charge in [0.05, 0.1) is 26.0 Å². The number of hydrogen-bond acceptors (Lipinski definition) is 7. The predicted molar refractivity (Wildman–Crippen MR) is 118 cm³/mol. The molecule has 2 aromatic carbocycles. The van der Waals surface area contributed by atoms with Gasteiger partial charge in [0.25, 0.3) is 16.0 Å². The zero-order chi connectivity index (χ0) is 23.6. The van der Waals surface area contributed by atoms with Crippen LogP contribution in [0.3, 0.4) is 0 Å². The van der Waals surface area contributed by atoms with E-state index in [4.69, 9.17) is 8.92 Å². The molecule has 1 atom stereocenters. The van der Waals surface area contributed by atoms with E-state index < -0.39 is 22.1 Å². The molecule has 2 aliphatic rings. The number of rotatable bonds is 8. The maximum absolute atomic E-state index is 12.9. The highest BCUT2D eigenvalue weighted by Gasteiger charge is 2.40. The van der Waals surface area contributed by atoms with E-state index in [0.717, 1.165) is 22.9 Å². The summed E-state index contributed by atoms with van der Waals surface area (Å²) in [6.45, 7) is 0.622. The zero-order valence-corrected chi connectivity index (χ0v) is 18.9. The molecular weight excluding hydrogens is 448 g/mol. The van der Waals surface area contributed by atoms with Crippen LogP contribution in [0.1, 0.15) is 39.9 Å². The second-order valence-electron chi connectivity index (χ2n) is 8.06. The van der Waals surface area contributed by atoms with E-state index in [1.165, 1.54) is 4.90 Å². The van der Waals surface area contributed by atoms with Crippen LogP contribution in [0.4, 0.5) is 0 Å². The molecule has 1 saturated heterocycles. The van der Waals surface area contributed by atoms with Crippen molar-refractivity contribution in [3.05, 3.63) is 64.7 Å². The molecule has 9 nitrogen and oxygen atoms in total. The SMILES string of the molecule is CS(=O)(=O)OCc1ccc(CCOc2cccc3c2CN(C2CCC(=O)NC2=O)C3=O)cc1. The third kappa shape index (κ3) is 5.40. The first-order valence-corrected chi connectivity index (χ1v) is 12.3. The number of benzene rings is 2. The zero-order valence-electron chi connectivity index (χ0n) is 18.1. The monoisotopic (exact) mass is 472 g/mol. The van der Waals surface area contributed by atoms with E-state index in [-0.39, 0.29) is 31.4 Å². The molecule has 1 N–H and O–H groups in total. The molecule has 2 heterocycles. The minimum Gasteiger partial charge on any atom is -0.493 e. The van der Waals surface area contributed by atoms with Crippen molar-refractivity contribution in [2.24, 2.45) is 0 Å². The number of fused-ring (bicyclic) bond motifs is 1. The average molecular weight is 473 g/mol. The molecule has 174 valence electrons. The van der Waals surface area contributed by atoms with Gasteiger partial charge in [-0.3, -0.25) is 23.9 Å². The van der Waals surface area contributed by atoms with Crippen LogP contribution in [0.2, 0.25) is 0 Å². The lowest BCUT2D eigenvalue weighted by Gasteiger charge is -2.29. The van der Waals surface area contributed by atoms with Crippen molar-refractivity contribution in [1.82, 2.24) is 10.2 Å². The summed E-state index contributed by atoms with van der Waals surface area (Å²) >= 11 is 0. The molecule has 0 bridgehead atoms. The lowest BCUT2D eigenvalue weighted by atomic mass is 10.0. The van der Waals surface area contributed by atoms with Crippen LogP contribution in [0.25, 0.3) is 0 Å². The molecule has 0 aromatic heterocycles. The number of ether oxygens (including phenoxy) is 1. The number of carbonyl (C=O) groups excluding carboxylic acids is 3. The highest BCUT2D eigenvalue weighted by molar-refractivity contribution is 7.85. The molecule has 4 rings (SSSR count). The standard InChI is InChI=1S/C23H24N2O7S/c1-33(29,30)32-14-16-7-5-15(6-8-16)11-12-31-20-4-2-3-17-18(20)13-25(23(17)28)19-9-10-21(26)24-22(19)27/h2-8,19H,9-14H2,1H3,(H,24,26,27). The molecule has 1 unspecified atom stereocenters. The first kappa shape index (κ1) is 22.9. The number of carbonyl (C=O) groups is 3. The number of nitrogens with one attached hydrogen (secondary N) is 1. The molecule has 2 aromatic rings. The lowest BCUT2D eigenvalue weighted by molar-refractivity contribution is -0.136. The Hall–Kier alpha value is -3.24. The highest BCUT2D eigenvalue weighted by Crippen LogP contribution is 2.33. The Morgan fingerprint density at radius 3 is 2.48 bits per heavy atom. The first-order chi connectivity index (χ1) is 15.7. The molecule has 3 amide bonds. The Morgan fingerprint density at radius 1 is 1.06 bits per heavy atom. The third-order valence-corrected chi connectivity index (χ3v) is 6.20. The van der Waals surface area contributed by atoms with Crippen LogP contribution in [-0.2, 0) is 43.5 Å². The van der Waals surface area contributed by atoms with Crippen LogP contribution in [0.5, 0.6) is 5.75 Å². The Morgan fingerprint density at radius 2 is 1.79 bits per heavy atom. The topological polar surface area (TPSA) is 119 Å². The quantitative estimate of drug-likeness (QED) is 0.457. The van der Waals surface area contributed by atoms with E-state index in [9.17, 15) is 22.8 Å². The van der Waals surface area contributed by atoms with Gasteiger partial charge in [-0.2, -0.15) is 8.42 Å². The molecule has 0 aliphatic carbocycles. The van der Waals surface area contributed by atoms with E-state index in [1.54, 1.807) is 30.3 Å². The van der Waals surface area contributed by atoms with Gasteiger partial charge in [0.1, 0.15) is 11.8 Å². The van der Waals surface area contributed by atoms with Crippen molar-refractivity contribution in [3.8, 4) is 5.75 Å². The molecule has 10 heteroatoms. The second kappa shape index (κ2) is 9.32. The van der Waals surface area contributed by atoms with Gasteiger partial charge in [-0.25, -0.2) is 0 Å². The van der Waals surface area contributed by atoms with Gasteiger partial charge < -0.3 is 9.64 Å². The van der Waals surface area contributed by atoms with E-state index in [1.807, 2.05) is 12.1 Å². The summed E-state index contributed by atoms with van der Waals surface area (Å²) in [5.41, 5.74) is 3.00.